The molecule has 35 heavy (non-hydrogen) atoms. The predicted octanol–water partition coefficient (Wildman–Crippen LogP) is 4.86. The van der Waals surface area contributed by atoms with Crippen LogP contribution < -0.4 is 9.80 Å². The largest absolute Gasteiger partial charge is 0.368 e. The Labute approximate surface area is 208 Å². The molecule has 0 amide bonds. The number of hydrogen-bond donors (Lipinski definition) is 0. The number of aromatic nitrogens is 3. The van der Waals surface area contributed by atoms with Crippen LogP contribution in [0, 0.1) is 24.1 Å². The Morgan fingerprint density at radius 3 is 2.51 bits per heavy atom. The van der Waals surface area contributed by atoms with E-state index in [9.17, 15) is 9.65 Å². The highest BCUT2D eigenvalue weighted by Gasteiger charge is 2.24. The Balaban J connectivity index is 1.59. The van der Waals surface area contributed by atoms with Crippen molar-refractivity contribution in [1.29, 1.82) is 5.26 Å². The van der Waals surface area contributed by atoms with Gasteiger partial charge in [0.15, 0.2) is 5.13 Å². The zero-order chi connectivity index (χ0) is 24.7. The summed E-state index contributed by atoms with van der Waals surface area (Å²) < 4.78 is 15.6. The van der Waals surface area contributed by atoms with E-state index in [2.05, 4.69) is 53.4 Å². The second-order valence-electron chi connectivity index (χ2n) is 8.95. The molecule has 1 aliphatic heterocycles. The molecule has 0 bridgehead atoms. The van der Waals surface area contributed by atoms with Crippen LogP contribution in [0.1, 0.15) is 23.1 Å². The van der Waals surface area contributed by atoms with Crippen LogP contribution in [0.5, 0.6) is 0 Å². The summed E-state index contributed by atoms with van der Waals surface area (Å²) in [5.41, 5.74) is 5.50. The van der Waals surface area contributed by atoms with Crippen molar-refractivity contribution >= 4 is 33.6 Å². The van der Waals surface area contributed by atoms with E-state index in [0.717, 1.165) is 60.9 Å². The second kappa shape index (κ2) is 9.29. The van der Waals surface area contributed by atoms with Gasteiger partial charge in [0.25, 0.3) is 0 Å². The maximum Gasteiger partial charge on any atom is 0.192 e. The smallest absolute Gasteiger partial charge is 0.192 e. The Hall–Kier alpha value is -3.48. The van der Waals surface area contributed by atoms with Gasteiger partial charge in [0, 0.05) is 45.0 Å². The zero-order valence-corrected chi connectivity index (χ0v) is 21.2. The number of nitriles is 1. The summed E-state index contributed by atoms with van der Waals surface area (Å²) in [5, 5.41) is 10.5. The summed E-state index contributed by atoms with van der Waals surface area (Å²) in [4.78, 5) is 17.1. The molecule has 0 aliphatic carbocycles. The highest BCUT2D eigenvalue weighted by atomic mass is 32.1. The number of thiazole rings is 1. The Morgan fingerprint density at radius 2 is 1.86 bits per heavy atom. The highest BCUT2D eigenvalue weighted by Crippen LogP contribution is 2.37. The van der Waals surface area contributed by atoms with Crippen molar-refractivity contribution in [1.82, 2.24) is 19.3 Å². The number of hydrogen-bond acceptors (Lipinski definition) is 7. The Kier molecular flexibility index (Phi) is 6.17. The SMILES string of the molecule is CCc1nc2c(C)cc(N3CCN(C)CC3)cn2c1N(C)c1nc(-c2ccc(F)cc2)c(C#N)s1. The fraction of sp³-hybridized carbons (Fsp3) is 0.346. The lowest BCUT2D eigenvalue weighted by Gasteiger charge is -2.34. The maximum atomic E-state index is 13.4. The van der Waals surface area contributed by atoms with Crippen molar-refractivity contribution in [3.05, 3.63) is 58.5 Å². The van der Waals surface area contributed by atoms with E-state index >= 15 is 0 Å². The maximum absolute atomic E-state index is 13.4. The van der Waals surface area contributed by atoms with Crippen LogP contribution >= 0.6 is 11.3 Å². The third kappa shape index (κ3) is 4.24. The van der Waals surface area contributed by atoms with Crippen LogP contribution in [0.15, 0.2) is 36.5 Å². The van der Waals surface area contributed by atoms with E-state index in [4.69, 9.17) is 9.97 Å². The number of pyridine rings is 1. The third-order valence-corrected chi connectivity index (χ3v) is 7.61. The number of likely N-dealkylation sites (N-methyl/N-ethyl adjacent to an activating group) is 1. The molecule has 9 heteroatoms. The van der Waals surface area contributed by atoms with Gasteiger partial charge in [0.1, 0.15) is 33.9 Å². The molecule has 4 aromatic rings. The predicted molar refractivity (Wildman–Crippen MR) is 139 cm³/mol. The van der Waals surface area contributed by atoms with Gasteiger partial charge >= 0.3 is 0 Å². The standard InChI is InChI=1S/C26H28FN7S/c1-5-21-25(32(4)26-30-23(22(15-28)35-26)18-6-8-19(27)9-7-18)34-16-20(14-17(2)24(34)29-21)33-12-10-31(3)11-13-33/h6-9,14,16H,5,10-13H2,1-4H3. The molecular formula is C26H28FN7S. The zero-order valence-electron chi connectivity index (χ0n) is 20.4. The van der Waals surface area contributed by atoms with Gasteiger partial charge in [-0.15, -0.1) is 0 Å². The van der Waals surface area contributed by atoms with Gasteiger partial charge in [0.2, 0.25) is 0 Å². The molecule has 1 aliphatic rings. The Bertz CT molecular complexity index is 1410. The quantitative estimate of drug-likeness (QED) is 0.399. The molecule has 0 unspecified atom stereocenters. The van der Waals surface area contributed by atoms with Crippen molar-refractivity contribution in [2.24, 2.45) is 0 Å². The fourth-order valence-electron chi connectivity index (χ4n) is 4.58. The summed E-state index contributed by atoms with van der Waals surface area (Å²) in [6.45, 7) is 8.26. The Morgan fingerprint density at radius 1 is 1.14 bits per heavy atom. The lowest BCUT2D eigenvalue weighted by Crippen LogP contribution is -2.44. The molecule has 0 atom stereocenters. The fourth-order valence-corrected chi connectivity index (χ4v) is 5.43. The topological polar surface area (TPSA) is 63.7 Å². The average molecular weight is 490 g/mol. The molecule has 0 saturated carbocycles. The van der Waals surface area contributed by atoms with Crippen molar-refractivity contribution < 1.29 is 4.39 Å². The summed E-state index contributed by atoms with van der Waals surface area (Å²) in [6.07, 6.45) is 2.94. The van der Waals surface area contributed by atoms with Gasteiger partial charge in [-0.3, -0.25) is 4.40 Å². The molecule has 4 heterocycles. The molecular weight excluding hydrogens is 461 g/mol. The van der Waals surface area contributed by atoms with Crippen LogP contribution in [-0.2, 0) is 6.42 Å². The molecule has 7 nitrogen and oxygen atoms in total. The number of anilines is 3. The summed E-state index contributed by atoms with van der Waals surface area (Å²) >= 11 is 1.33. The average Bonchev–Trinajstić information content (AvgIpc) is 3.46. The van der Waals surface area contributed by atoms with Crippen LogP contribution in [-0.4, -0.2) is 59.5 Å². The van der Waals surface area contributed by atoms with E-state index in [0.29, 0.717) is 15.7 Å². The van der Waals surface area contributed by atoms with Crippen molar-refractivity contribution in [2.45, 2.75) is 20.3 Å². The number of piperazine rings is 1. The van der Waals surface area contributed by atoms with Gasteiger partial charge in [-0.2, -0.15) is 5.26 Å². The van der Waals surface area contributed by atoms with Crippen molar-refractivity contribution in [3.63, 3.8) is 0 Å². The number of fused-ring (bicyclic) bond motifs is 1. The summed E-state index contributed by atoms with van der Waals surface area (Å²) in [7, 11) is 4.13. The lowest BCUT2D eigenvalue weighted by molar-refractivity contribution is 0.313. The number of nitrogens with zero attached hydrogens (tertiary/aromatic N) is 7. The summed E-state index contributed by atoms with van der Waals surface area (Å²) in [5.74, 6) is 0.634. The first-order valence-electron chi connectivity index (χ1n) is 11.7. The van der Waals surface area contributed by atoms with Gasteiger partial charge < -0.3 is 14.7 Å². The lowest BCUT2D eigenvalue weighted by atomic mass is 10.1. The summed E-state index contributed by atoms with van der Waals surface area (Å²) in [6, 6.07) is 10.6. The molecule has 3 aromatic heterocycles. The molecule has 1 saturated heterocycles. The number of rotatable bonds is 5. The first kappa shape index (κ1) is 23.3. The van der Waals surface area contributed by atoms with Crippen molar-refractivity contribution in [2.75, 3.05) is 50.1 Å². The van der Waals surface area contributed by atoms with E-state index in [-0.39, 0.29) is 5.82 Å². The minimum Gasteiger partial charge on any atom is -0.368 e. The third-order valence-electron chi connectivity index (χ3n) is 6.58. The number of aryl methyl sites for hydroxylation is 2. The van der Waals surface area contributed by atoms with Gasteiger partial charge in [-0.25, -0.2) is 14.4 Å². The van der Waals surface area contributed by atoms with Gasteiger partial charge in [-0.05, 0) is 56.3 Å². The molecule has 1 fully saturated rings. The second-order valence-corrected chi connectivity index (χ2v) is 9.93. The van der Waals surface area contributed by atoms with Crippen molar-refractivity contribution in [3.8, 4) is 17.3 Å². The van der Waals surface area contributed by atoms with E-state index in [1.165, 1.54) is 29.2 Å². The first-order valence-corrected chi connectivity index (χ1v) is 12.6. The van der Waals surface area contributed by atoms with E-state index in [1.807, 2.05) is 11.9 Å². The van der Waals surface area contributed by atoms with Gasteiger partial charge in [0.05, 0.1) is 11.4 Å². The monoisotopic (exact) mass is 489 g/mol. The van der Waals surface area contributed by atoms with E-state index in [1.54, 1.807) is 12.1 Å². The van der Waals surface area contributed by atoms with Crippen LogP contribution in [0.4, 0.5) is 21.0 Å². The molecule has 0 spiro atoms. The van der Waals surface area contributed by atoms with Crippen LogP contribution in [0.25, 0.3) is 16.9 Å². The highest BCUT2D eigenvalue weighted by molar-refractivity contribution is 7.16. The molecule has 0 radical (unpaired) electrons. The molecule has 1 aromatic carbocycles. The minimum atomic E-state index is -0.315. The molecule has 0 N–H and O–H groups in total. The minimum absolute atomic E-state index is 0.315. The normalized spacial score (nSPS) is 14.5. The molecule has 5 rings (SSSR count). The number of halogens is 1. The first-order chi connectivity index (χ1) is 16.9. The van der Waals surface area contributed by atoms with E-state index < -0.39 is 0 Å². The van der Waals surface area contributed by atoms with Gasteiger partial charge in [-0.1, -0.05) is 18.3 Å². The number of benzene rings is 1. The van der Waals surface area contributed by atoms with Crippen LogP contribution in [0.3, 0.4) is 0 Å². The molecule has 180 valence electrons. The van der Waals surface area contributed by atoms with Crippen LogP contribution in [0.2, 0.25) is 0 Å². The number of imidazole rings is 1.